The Hall–Kier alpha value is -1.52. The second-order valence-electron chi connectivity index (χ2n) is 4.70. The van der Waals surface area contributed by atoms with Crippen LogP contribution >= 0.6 is 0 Å². The van der Waals surface area contributed by atoms with Crippen LogP contribution in [0.1, 0.15) is 12.5 Å². The first-order valence-corrected chi connectivity index (χ1v) is 9.12. The fourth-order valence-electron chi connectivity index (χ4n) is 1.86. The molecule has 1 aromatic rings. The van der Waals surface area contributed by atoms with E-state index in [9.17, 15) is 22.7 Å². The summed E-state index contributed by atoms with van der Waals surface area (Å²) < 4.78 is 38.0. The van der Waals surface area contributed by atoms with E-state index in [0.29, 0.717) is 5.56 Å². The van der Waals surface area contributed by atoms with Crippen LogP contribution in [0.4, 0.5) is 11.4 Å². The number of nitro benzene ring substituents is 1. The predicted octanol–water partition coefficient (Wildman–Crippen LogP) is 0.531. The van der Waals surface area contributed by atoms with Crippen LogP contribution in [0.5, 0.6) is 0 Å². The second kappa shape index (κ2) is 6.50. The normalized spacial score (nSPS) is 14.6. The molecule has 3 N–H and O–H groups in total. The molecular formula is C11H17N3O5S2. The quantitative estimate of drug-likeness (QED) is 0.443. The van der Waals surface area contributed by atoms with E-state index in [4.69, 9.17) is 5.73 Å². The Morgan fingerprint density at radius 2 is 2.05 bits per heavy atom. The third-order valence-corrected chi connectivity index (χ3v) is 5.35. The van der Waals surface area contributed by atoms with Gasteiger partial charge in [0.05, 0.1) is 9.82 Å². The van der Waals surface area contributed by atoms with Crippen molar-refractivity contribution < 1.29 is 17.6 Å². The van der Waals surface area contributed by atoms with Crippen molar-refractivity contribution in [1.82, 2.24) is 4.72 Å². The maximum Gasteiger partial charge on any atom is 0.293 e. The molecule has 0 spiro atoms. The van der Waals surface area contributed by atoms with Gasteiger partial charge in [0.15, 0.2) is 0 Å². The number of nitrogens with one attached hydrogen (secondary N) is 1. The molecule has 2 atom stereocenters. The lowest BCUT2D eigenvalue weighted by atomic mass is 10.2. The fourth-order valence-corrected chi connectivity index (χ4v) is 4.24. The van der Waals surface area contributed by atoms with E-state index in [2.05, 4.69) is 4.72 Å². The van der Waals surface area contributed by atoms with E-state index in [1.54, 1.807) is 6.92 Å². The van der Waals surface area contributed by atoms with Gasteiger partial charge in [0, 0.05) is 34.9 Å². The van der Waals surface area contributed by atoms with Gasteiger partial charge >= 0.3 is 0 Å². The summed E-state index contributed by atoms with van der Waals surface area (Å²) in [6.45, 7) is 3.07. The highest BCUT2D eigenvalue weighted by atomic mass is 32.2. The monoisotopic (exact) mass is 335 g/mol. The average molecular weight is 335 g/mol. The number of hydrogen-bond donors (Lipinski definition) is 2. The lowest BCUT2D eigenvalue weighted by Gasteiger charge is -2.14. The highest BCUT2D eigenvalue weighted by Gasteiger charge is 2.24. The first-order valence-electron chi connectivity index (χ1n) is 5.91. The number of nitro groups is 1. The zero-order chi connectivity index (χ0) is 16.4. The van der Waals surface area contributed by atoms with Gasteiger partial charge in [-0.15, -0.1) is 0 Å². The summed E-state index contributed by atoms with van der Waals surface area (Å²) in [7, 11) is -5.12. The summed E-state index contributed by atoms with van der Waals surface area (Å²) in [5, 5.41) is 10.9. The maximum atomic E-state index is 12.3. The Morgan fingerprint density at radius 1 is 1.48 bits per heavy atom. The number of anilines is 1. The van der Waals surface area contributed by atoms with Gasteiger partial charge in [0.1, 0.15) is 5.69 Å². The third kappa shape index (κ3) is 4.48. The van der Waals surface area contributed by atoms with Crippen LogP contribution in [0.25, 0.3) is 0 Å². The maximum absolute atomic E-state index is 12.3. The number of nitrogens with zero attached hydrogens (tertiary/aromatic N) is 1. The summed E-state index contributed by atoms with van der Waals surface area (Å²) >= 11 is 0. The first kappa shape index (κ1) is 17.5. The van der Waals surface area contributed by atoms with Gasteiger partial charge in [0.2, 0.25) is 10.0 Å². The molecule has 2 unspecified atom stereocenters. The minimum Gasteiger partial charge on any atom is -0.393 e. The third-order valence-electron chi connectivity index (χ3n) is 2.65. The van der Waals surface area contributed by atoms with E-state index in [1.165, 1.54) is 19.2 Å². The molecule has 0 saturated carbocycles. The van der Waals surface area contributed by atoms with Crippen molar-refractivity contribution >= 4 is 32.2 Å². The van der Waals surface area contributed by atoms with Crippen LogP contribution in [0.2, 0.25) is 0 Å². The molecule has 0 saturated heterocycles. The van der Waals surface area contributed by atoms with Crippen molar-refractivity contribution in [3.63, 3.8) is 0 Å². The lowest BCUT2D eigenvalue weighted by molar-refractivity contribution is -0.384. The van der Waals surface area contributed by atoms with Crippen LogP contribution < -0.4 is 10.5 Å². The highest BCUT2D eigenvalue weighted by Crippen LogP contribution is 2.28. The summed E-state index contributed by atoms with van der Waals surface area (Å²) in [6.07, 6.45) is 1.46. The smallest absolute Gasteiger partial charge is 0.293 e. The zero-order valence-electron chi connectivity index (χ0n) is 11.8. The van der Waals surface area contributed by atoms with Crippen molar-refractivity contribution in [2.45, 2.75) is 24.8 Å². The molecule has 0 aliphatic rings. The summed E-state index contributed by atoms with van der Waals surface area (Å²) in [4.78, 5) is 9.90. The van der Waals surface area contributed by atoms with Gasteiger partial charge in [-0.1, -0.05) is 0 Å². The van der Waals surface area contributed by atoms with Crippen LogP contribution in [-0.2, 0) is 20.8 Å². The van der Waals surface area contributed by atoms with E-state index in [0.717, 1.165) is 6.07 Å². The molecule has 1 aromatic carbocycles. The average Bonchev–Trinajstić information content (AvgIpc) is 2.25. The topological polar surface area (TPSA) is 132 Å². The number of nitrogen functional groups attached to an aromatic ring is 1. The van der Waals surface area contributed by atoms with Crippen molar-refractivity contribution in [2.75, 3.05) is 17.7 Å². The lowest BCUT2D eigenvalue weighted by Crippen LogP contribution is -2.36. The molecule has 0 amide bonds. The summed E-state index contributed by atoms with van der Waals surface area (Å²) in [5.41, 5.74) is 5.24. The molecule has 0 aromatic heterocycles. The van der Waals surface area contributed by atoms with Crippen LogP contribution in [0.15, 0.2) is 17.0 Å². The molecule has 118 valence electrons. The minimum atomic E-state index is -3.95. The van der Waals surface area contributed by atoms with E-state index in [1.807, 2.05) is 0 Å². The largest absolute Gasteiger partial charge is 0.393 e. The van der Waals surface area contributed by atoms with Gasteiger partial charge in [0.25, 0.3) is 5.69 Å². The molecule has 10 heteroatoms. The van der Waals surface area contributed by atoms with Crippen LogP contribution in [0, 0.1) is 17.0 Å². The molecule has 0 bridgehead atoms. The van der Waals surface area contributed by atoms with Gasteiger partial charge in [-0.2, -0.15) is 0 Å². The molecular weight excluding hydrogens is 318 g/mol. The Balaban J connectivity index is 3.22. The Morgan fingerprint density at radius 3 is 2.52 bits per heavy atom. The van der Waals surface area contributed by atoms with Crippen molar-refractivity contribution in [3.8, 4) is 0 Å². The molecule has 8 nitrogen and oxygen atoms in total. The first-order chi connectivity index (χ1) is 9.54. The molecule has 0 aliphatic heterocycles. The zero-order valence-corrected chi connectivity index (χ0v) is 13.5. The van der Waals surface area contributed by atoms with E-state index >= 15 is 0 Å². The standard InChI is InChI=1S/C11H17N3O5S2/c1-7-4-9(12)10(14(15)16)5-11(7)21(18,19)13-8(2)6-20(3)17/h4-5,8,13H,6,12H2,1-3H3. The Bertz CT molecular complexity index is 687. The molecule has 1 rings (SSSR count). The number of hydrogen-bond acceptors (Lipinski definition) is 6. The van der Waals surface area contributed by atoms with E-state index in [-0.39, 0.29) is 16.3 Å². The van der Waals surface area contributed by atoms with Gasteiger partial charge in [-0.25, -0.2) is 13.1 Å². The van der Waals surface area contributed by atoms with Crippen molar-refractivity contribution in [1.29, 1.82) is 0 Å². The van der Waals surface area contributed by atoms with E-state index < -0.39 is 37.5 Å². The summed E-state index contributed by atoms with van der Waals surface area (Å²) in [6, 6.07) is 1.62. The molecule has 21 heavy (non-hydrogen) atoms. The number of aryl methyl sites for hydroxylation is 1. The van der Waals surface area contributed by atoms with Gasteiger partial charge in [-0.3, -0.25) is 14.3 Å². The minimum absolute atomic E-state index is 0.0980. The molecule has 0 heterocycles. The number of nitrogens with two attached hydrogens (primary N) is 1. The van der Waals surface area contributed by atoms with Gasteiger partial charge < -0.3 is 5.73 Å². The predicted molar refractivity (Wildman–Crippen MR) is 81.0 cm³/mol. The number of benzene rings is 1. The fraction of sp³-hybridized carbons (Fsp3) is 0.455. The Labute approximate surface area is 125 Å². The summed E-state index contributed by atoms with van der Waals surface area (Å²) in [5.74, 6) is 0.148. The van der Waals surface area contributed by atoms with Crippen molar-refractivity contribution in [3.05, 3.63) is 27.8 Å². The Kier molecular flexibility index (Phi) is 5.42. The van der Waals surface area contributed by atoms with Crippen molar-refractivity contribution in [2.24, 2.45) is 0 Å². The van der Waals surface area contributed by atoms with Crippen LogP contribution in [-0.4, -0.2) is 35.6 Å². The highest BCUT2D eigenvalue weighted by molar-refractivity contribution is 7.89. The second-order valence-corrected chi connectivity index (χ2v) is 7.86. The molecule has 0 aliphatic carbocycles. The number of sulfonamides is 1. The van der Waals surface area contributed by atoms with Gasteiger partial charge in [-0.05, 0) is 25.5 Å². The number of rotatable bonds is 6. The molecule has 0 fully saturated rings. The van der Waals surface area contributed by atoms with Crippen LogP contribution in [0.3, 0.4) is 0 Å². The SMILES string of the molecule is Cc1cc(N)c([N+](=O)[O-])cc1S(=O)(=O)NC(C)CS(C)=O. The molecule has 0 radical (unpaired) electrons.